The van der Waals surface area contributed by atoms with E-state index in [9.17, 15) is 0 Å². The molecule has 0 radical (unpaired) electrons. The fraction of sp³-hybridized carbons (Fsp3) is 0.111. The lowest BCUT2D eigenvalue weighted by molar-refractivity contribution is 0.263. The highest BCUT2D eigenvalue weighted by molar-refractivity contribution is 6.19. The third-order valence-electron chi connectivity index (χ3n) is 1.45. The van der Waals surface area contributed by atoms with Gasteiger partial charge in [0.05, 0.1) is 0 Å². The molecule has 0 aliphatic rings. The van der Waals surface area contributed by atoms with Crippen molar-refractivity contribution in [2.45, 2.75) is 5.56 Å². The van der Waals surface area contributed by atoms with Gasteiger partial charge in [-0.15, -0.1) is 0 Å². The molecule has 0 saturated carbocycles. The van der Waals surface area contributed by atoms with Crippen LogP contribution < -0.4 is 0 Å². The zero-order valence-corrected chi connectivity index (χ0v) is 6.75. The van der Waals surface area contributed by atoms with Gasteiger partial charge >= 0.3 is 0 Å². The van der Waals surface area contributed by atoms with E-state index in [1.807, 2.05) is 12.1 Å². The lowest BCUT2D eigenvalue weighted by atomic mass is 10.1. The molecule has 0 saturated heterocycles. The fourth-order valence-electron chi connectivity index (χ4n) is 0.791. The molecule has 0 heterocycles. The number of alkyl halides is 1. The molecule has 0 amide bonds. The number of rotatable bonds is 2. The Balaban J connectivity index is 2.91. The van der Waals surface area contributed by atoms with Gasteiger partial charge in [-0.25, -0.2) is 0 Å². The van der Waals surface area contributed by atoms with E-state index in [-0.39, 0.29) is 0 Å². The molecule has 1 atom stereocenters. The van der Waals surface area contributed by atoms with E-state index in [0.29, 0.717) is 5.56 Å². The van der Waals surface area contributed by atoms with E-state index in [0.717, 1.165) is 5.56 Å². The van der Waals surface area contributed by atoms with E-state index >= 15 is 0 Å². The molecule has 1 N–H and O–H groups in total. The third-order valence-corrected chi connectivity index (χ3v) is 1.70. The summed E-state index contributed by atoms with van der Waals surface area (Å²) in [6.07, 6.45) is 1.74. The highest BCUT2D eigenvalue weighted by Crippen LogP contribution is 2.17. The predicted molar refractivity (Wildman–Crippen MR) is 47.3 cm³/mol. The lowest BCUT2D eigenvalue weighted by Crippen LogP contribution is -1.86. The summed E-state index contributed by atoms with van der Waals surface area (Å²) < 4.78 is 0. The molecule has 0 aliphatic heterocycles. The number of aliphatic hydroxyl groups excluding tert-OH is 1. The molecule has 11 heavy (non-hydrogen) atoms. The molecule has 0 aromatic heterocycles. The fourth-order valence-corrected chi connectivity index (χ4v) is 0.936. The van der Waals surface area contributed by atoms with Crippen LogP contribution >= 0.6 is 11.6 Å². The molecular weight excluding hydrogens is 160 g/mol. The predicted octanol–water partition coefficient (Wildman–Crippen LogP) is 2.56. The van der Waals surface area contributed by atoms with Gasteiger partial charge in [0.15, 0.2) is 5.56 Å². The summed E-state index contributed by atoms with van der Waals surface area (Å²) in [4.78, 5) is 0. The Morgan fingerprint density at radius 2 is 1.91 bits per heavy atom. The van der Waals surface area contributed by atoms with Gasteiger partial charge < -0.3 is 5.11 Å². The van der Waals surface area contributed by atoms with Crippen LogP contribution in [0.3, 0.4) is 0 Å². The number of hydrogen-bond acceptors (Lipinski definition) is 1. The van der Waals surface area contributed by atoms with Crippen LogP contribution in [-0.4, -0.2) is 5.11 Å². The van der Waals surface area contributed by atoms with Crippen LogP contribution in [0.1, 0.15) is 16.7 Å². The van der Waals surface area contributed by atoms with Crippen molar-refractivity contribution < 1.29 is 5.11 Å². The minimum atomic E-state index is -0.908. The SMILES string of the molecule is C=Cc1ccc([C@@H](O)Cl)cc1. The first-order valence-corrected chi connectivity index (χ1v) is 3.72. The summed E-state index contributed by atoms with van der Waals surface area (Å²) in [6.45, 7) is 3.61. The van der Waals surface area contributed by atoms with Crippen LogP contribution in [0.4, 0.5) is 0 Å². The zero-order chi connectivity index (χ0) is 8.27. The first-order chi connectivity index (χ1) is 5.24. The first-order valence-electron chi connectivity index (χ1n) is 3.28. The summed E-state index contributed by atoms with van der Waals surface area (Å²) in [7, 11) is 0. The van der Waals surface area contributed by atoms with Gasteiger partial charge in [-0.05, 0) is 11.1 Å². The van der Waals surface area contributed by atoms with Crippen molar-refractivity contribution in [3.05, 3.63) is 42.0 Å². The van der Waals surface area contributed by atoms with Crippen molar-refractivity contribution in [2.24, 2.45) is 0 Å². The van der Waals surface area contributed by atoms with E-state index in [2.05, 4.69) is 6.58 Å². The third kappa shape index (κ3) is 2.07. The quantitative estimate of drug-likeness (QED) is 0.673. The van der Waals surface area contributed by atoms with Crippen molar-refractivity contribution in [1.29, 1.82) is 0 Å². The molecular formula is C9H9ClO. The molecule has 2 heteroatoms. The Hall–Kier alpha value is -0.790. The molecule has 1 aromatic carbocycles. The molecule has 1 nitrogen and oxygen atoms in total. The largest absolute Gasteiger partial charge is 0.373 e. The number of hydrogen-bond donors (Lipinski definition) is 1. The van der Waals surface area contributed by atoms with Crippen molar-refractivity contribution in [2.75, 3.05) is 0 Å². The Morgan fingerprint density at radius 3 is 2.27 bits per heavy atom. The summed E-state index contributed by atoms with van der Waals surface area (Å²) in [5.74, 6) is 0. The number of aliphatic hydroxyl groups is 1. The second-order valence-corrected chi connectivity index (χ2v) is 2.62. The summed E-state index contributed by atoms with van der Waals surface area (Å²) >= 11 is 5.43. The van der Waals surface area contributed by atoms with Gasteiger partial charge in [0.1, 0.15) is 0 Å². The maximum absolute atomic E-state index is 8.93. The van der Waals surface area contributed by atoms with Crippen molar-refractivity contribution in [1.82, 2.24) is 0 Å². The Bertz CT molecular complexity index is 238. The minimum Gasteiger partial charge on any atom is -0.373 e. The zero-order valence-electron chi connectivity index (χ0n) is 6.00. The van der Waals surface area contributed by atoms with Crippen LogP contribution in [0.5, 0.6) is 0 Å². The number of benzene rings is 1. The molecule has 1 aromatic rings. The van der Waals surface area contributed by atoms with E-state index in [1.54, 1.807) is 18.2 Å². The molecule has 0 fully saturated rings. The summed E-state index contributed by atoms with van der Waals surface area (Å²) in [5.41, 5.74) is 0.817. The molecule has 0 unspecified atom stereocenters. The van der Waals surface area contributed by atoms with Gasteiger partial charge in [-0.2, -0.15) is 0 Å². The van der Waals surface area contributed by atoms with E-state index < -0.39 is 5.56 Å². The average molecular weight is 169 g/mol. The maximum atomic E-state index is 8.93. The number of halogens is 1. The Kier molecular flexibility index (Phi) is 2.69. The molecule has 58 valence electrons. The monoisotopic (exact) mass is 168 g/mol. The minimum absolute atomic E-state index is 0.706. The summed E-state index contributed by atoms with van der Waals surface area (Å²) in [6, 6.07) is 7.26. The van der Waals surface area contributed by atoms with Gasteiger partial charge in [-0.1, -0.05) is 48.5 Å². The molecule has 1 rings (SSSR count). The average Bonchev–Trinajstić information content (AvgIpc) is 2.05. The molecule has 0 aliphatic carbocycles. The maximum Gasteiger partial charge on any atom is 0.153 e. The van der Waals surface area contributed by atoms with Gasteiger partial charge in [0, 0.05) is 0 Å². The second kappa shape index (κ2) is 3.56. The van der Waals surface area contributed by atoms with Crippen LogP contribution in [0, 0.1) is 0 Å². The van der Waals surface area contributed by atoms with E-state index in [4.69, 9.17) is 16.7 Å². The van der Waals surface area contributed by atoms with Crippen molar-refractivity contribution >= 4 is 17.7 Å². The van der Waals surface area contributed by atoms with Crippen molar-refractivity contribution in [3.63, 3.8) is 0 Å². The topological polar surface area (TPSA) is 20.2 Å². The normalized spacial score (nSPS) is 12.5. The van der Waals surface area contributed by atoms with Crippen LogP contribution in [0.25, 0.3) is 6.08 Å². The lowest BCUT2D eigenvalue weighted by Gasteiger charge is -2.01. The molecule has 0 spiro atoms. The van der Waals surface area contributed by atoms with Gasteiger partial charge in [-0.3, -0.25) is 0 Å². The van der Waals surface area contributed by atoms with Crippen LogP contribution in [0.2, 0.25) is 0 Å². The van der Waals surface area contributed by atoms with Crippen LogP contribution in [0.15, 0.2) is 30.8 Å². The molecule has 0 bridgehead atoms. The second-order valence-electron chi connectivity index (χ2n) is 2.21. The van der Waals surface area contributed by atoms with Crippen LogP contribution in [-0.2, 0) is 0 Å². The Labute approximate surface area is 70.9 Å². The highest BCUT2D eigenvalue weighted by Gasteiger charge is 1.99. The standard InChI is InChI=1S/C9H9ClO/c1-2-7-3-5-8(6-4-7)9(10)11/h2-6,9,11H,1H2/t9-/m1/s1. The van der Waals surface area contributed by atoms with Crippen molar-refractivity contribution in [3.8, 4) is 0 Å². The highest BCUT2D eigenvalue weighted by atomic mass is 35.5. The Morgan fingerprint density at radius 1 is 1.36 bits per heavy atom. The van der Waals surface area contributed by atoms with Gasteiger partial charge in [0.25, 0.3) is 0 Å². The smallest absolute Gasteiger partial charge is 0.153 e. The van der Waals surface area contributed by atoms with Gasteiger partial charge in [0.2, 0.25) is 0 Å². The summed E-state index contributed by atoms with van der Waals surface area (Å²) in [5, 5.41) is 8.93. The first kappa shape index (κ1) is 8.31. The van der Waals surface area contributed by atoms with E-state index in [1.165, 1.54) is 0 Å².